The van der Waals surface area contributed by atoms with E-state index in [1.54, 1.807) is 6.92 Å². The van der Waals surface area contributed by atoms with Gasteiger partial charge in [0.2, 0.25) is 10.0 Å². The average molecular weight is 459 g/mol. The molecule has 0 unspecified atom stereocenters. The molecule has 11 heteroatoms. The van der Waals surface area contributed by atoms with Crippen molar-refractivity contribution in [3.63, 3.8) is 0 Å². The Labute approximate surface area is 185 Å². The predicted octanol–water partition coefficient (Wildman–Crippen LogP) is 2.78. The molecule has 0 saturated carbocycles. The lowest BCUT2D eigenvalue weighted by molar-refractivity contribution is 0.102. The smallest absolute Gasteiger partial charge is 0.255 e. The van der Waals surface area contributed by atoms with Crippen molar-refractivity contribution in [2.75, 3.05) is 18.4 Å². The fourth-order valence-electron chi connectivity index (χ4n) is 3.56. The number of tetrazole rings is 1. The van der Waals surface area contributed by atoms with Gasteiger partial charge in [0.05, 0.1) is 4.90 Å². The number of carbonyl (C=O) groups excluding carboxylic acids is 1. The lowest BCUT2D eigenvalue weighted by atomic mass is 10.0. The van der Waals surface area contributed by atoms with E-state index in [9.17, 15) is 17.6 Å². The van der Waals surface area contributed by atoms with Gasteiger partial charge in [0, 0.05) is 24.3 Å². The molecule has 2 aromatic carbocycles. The number of carbonyl (C=O) groups is 1. The molecule has 168 valence electrons. The van der Waals surface area contributed by atoms with Gasteiger partial charge in [0.15, 0.2) is 5.82 Å². The van der Waals surface area contributed by atoms with Crippen LogP contribution in [0.5, 0.6) is 0 Å². The van der Waals surface area contributed by atoms with E-state index in [-0.39, 0.29) is 16.1 Å². The molecule has 1 amide bonds. The summed E-state index contributed by atoms with van der Waals surface area (Å²) in [6, 6.07) is 9.85. The standard InChI is InChI=1S/C21H23FN6O3S/c1-14-9-11-27(12-10-14)32(30,31)18-6-3-16(4-7-18)21(29)23-17-5-8-19(22)20(13-17)28-15(2)24-25-26-28/h3-8,13-14H,9-12H2,1-2H3,(H,23,29). The first kappa shape index (κ1) is 22.0. The summed E-state index contributed by atoms with van der Waals surface area (Å²) in [5.41, 5.74) is 0.726. The molecule has 4 rings (SSSR count). The molecular weight excluding hydrogens is 435 g/mol. The van der Waals surface area contributed by atoms with E-state index in [0.29, 0.717) is 30.5 Å². The van der Waals surface area contributed by atoms with Crippen LogP contribution in [-0.4, -0.2) is 51.9 Å². The van der Waals surface area contributed by atoms with Crippen molar-refractivity contribution in [3.05, 3.63) is 59.7 Å². The number of rotatable bonds is 5. The second kappa shape index (κ2) is 8.75. The highest BCUT2D eigenvalue weighted by atomic mass is 32.2. The molecule has 0 bridgehead atoms. The van der Waals surface area contributed by atoms with Crippen LogP contribution in [0.1, 0.15) is 35.9 Å². The molecule has 1 aliphatic rings. The Balaban J connectivity index is 1.50. The lowest BCUT2D eigenvalue weighted by Gasteiger charge is -2.29. The summed E-state index contributed by atoms with van der Waals surface area (Å²) in [6.07, 6.45) is 1.67. The number of aryl methyl sites for hydroxylation is 1. The second-order valence-electron chi connectivity index (χ2n) is 7.87. The molecule has 0 aliphatic carbocycles. The van der Waals surface area contributed by atoms with Crippen LogP contribution in [-0.2, 0) is 10.0 Å². The molecule has 0 radical (unpaired) electrons. The largest absolute Gasteiger partial charge is 0.322 e. The van der Waals surface area contributed by atoms with Crippen molar-refractivity contribution in [2.45, 2.75) is 31.6 Å². The molecule has 1 aromatic heterocycles. The molecule has 0 atom stereocenters. The number of hydrogen-bond acceptors (Lipinski definition) is 6. The number of aromatic nitrogens is 4. The van der Waals surface area contributed by atoms with Crippen LogP contribution in [0.2, 0.25) is 0 Å². The molecular formula is C21H23FN6O3S. The quantitative estimate of drug-likeness (QED) is 0.630. The number of sulfonamides is 1. The number of nitrogens with one attached hydrogen (secondary N) is 1. The minimum Gasteiger partial charge on any atom is -0.322 e. The third kappa shape index (κ3) is 4.39. The normalized spacial score (nSPS) is 15.6. The summed E-state index contributed by atoms with van der Waals surface area (Å²) in [5.74, 6) is -0.0802. The Morgan fingerprint density at radius 2 is 1.81 bits per heavy atom. The molecule has 1 fully saturated rings. The number of amides is 1. The molecule has 1 N–H and O–H groups in total. The zero-order chi connectivity index (χ0) is 22.9. The van der Waals surface area contributed by atoms with Crippen LogP contribution in [0, 0.1) is 18.7 Å². The van der Waals surface area contributed by atoms with Gasteiger partial charge in [-0.15, -0.1) is 5.10 Å². The Hall–Kier alpha value is -3.18. The van der Waals surface area contributed by atoms with Crippen LogP contribution in [0.25, 0.3) is 5.69 Å². The minimum atomic E-state index is -3.59. The maximum atomic E-state index is 14.2. The molecule has 1 saturated heterocycles. The highest BCUT2D eigenvalue weighted by Gasteiger charge is 2.28. The molecule has 0 spiro atoms. The lowest BCUT2D eigenvalue weighted by Crippen LogP contribution is -2.37. The van der Waals surface area contributed by atoms with Gasteiger partial charge in [-0.05, 0) is 78.6 Å². The summed E-state index contributed by atoms with van der Waals surface area (Å²) in [4.78, 5) is 12.8. The summed E-state index contributed by atoms with van der Waals surface area (Å²) in [6.45, 7) is 4.75. The van der Waals surface area contributed by atoms with Gasteiger partial charge >= 0.3 is 0 Å². The van der Waals surface area contributed by atoms with Crippen molar-refractivity contribution in [2.24, 2.45) is 5.92 Å². The van der Waals surface area contributed by atoms with E-state index in [2.05, 4.69) is 27.8 Å². The fraction of sp³-hybridized carbons (Fsp3) is 0.333. The SMILES string of the molecule is Cc1nnnn1-c1cc(NC(=O)c2ccc(S(=O)(=O)N3CCC(C)CC3)cc2)ccc1F. The highest BCUT2D eigenvalue weighted by molar-refractivity contribution is 7.89. The van der Waals surface area contributed by atoms with Crippen LogP contribution in [0.15, 0.2) is 47.4 Å². The Bertz CT molecular complexity index is 1230. The summed E-state index contributed by atoms with van der Waals surface area (Å²) in [7, 11) is -3.59. The molecule has 9 nitrogen and oxygen atoms in total. The predicted molar refractivity (Wildman–Crippen MR) is 115 cm³/mol. The highest BCUT2D eigenvalue weighted by Crippen LogP contribution is 2.24. The minimum absolute atomic E-state index is 0.0996. The van der Waals surface area contributed by atoms with Gasteiger partial charge in [-0.25, -0.2) is 12.8 Å². The maximum Gasteiger partial charge on any atom is 0.255 e. The number of benzene rings is 2. The van der Waals surface area contributed by atoms with Crippen LogP contribution in [0.4, 0.5) is 10.1 Å². The monoisotopic (exact) mass is 458 g/mol. The van der Waals surface area contributed by atoms with E-state index < -0.39 is 21.7 Å². The number of anilines is 1. The summed E-state index contributed by atoms with van der Waals surface area (Å²) >= 11 is 0. The van der Waals surface area contributed by atoms with Gasteiger partial charge < -0.3 is 5.32 Å². The fourth-order valence-corrected chi connectivity index (χ4v) is 5.03. The number of piperidine rings is 1. The first-order valence-corrected chi connectivity index (χ1v) is 11.7. The van der Waals surface area contributed by atoms with E-state index in [0.717, 1.165) is 12.8 Å². The van der Waals surface area contributed by atoms with Crippen LogP contribution >= 0.6 is 0 Å². The number of halogens is 1. The summed E-state index contributed by atoms with van der Waals surface area (Å²) in [5, 5.41) is 13.7. The number of hydrogen-bond donors (Lipinski definition) is 1. The van der Waals surface area contributed by atoms with E-state index >= 15 is 0 Å². The van der Waals surface area contributed by atoms with Gasteiger partial charge in [-0.2, -0.15) is 8.99 Å². The maximum absolute atomic E-state index is 14.2. The average Bonchev–Trinajstić information content (AvgIpc) is 3.21. The first-order chi connectivity index (χ1) is 15.3. The van der Waals surface area contributed by atoms with Gasteiger partial charge in [0.1, 0.15) is 11.5 Å². The van der Waals surface area contributed by atoms with Crippen LogP contribution in [0.3, 0.4) is 0 Å². The van der Waals surface area contributed by atoms with E-state index in [1.165, 1.54) is 51.5 Å². The Morgan fingerprint density at radius 1 is 1.12 bits per heavy atom. The Morgan fingerprint density at radius 3 is 2.44 bits per heavy atom. The second-order valence-corrected chi connectivity index (χ2v) is 9.81. The first-order valence-electron chi connectivity index (χ1n) is 10.2. The topological polar surface area (TPSA) is 110 Å². The molecule has 1 aliphatic heterocycles. The van der Waals surface area contributed by atoms with Gasteiger partial charge in [0.25, 0.3) is 5.91 Å². The van der Waals surface area contributed by atoms with E-state index in [4.69, 9.17) is 0 Å². The van der Waals surface area contributed by atoms with Crippen molar-refractivity contribution < 1.29 is 17.6 Å². The van der Waals surface area contributed by atoms with Gasteiger partial charge in [-0.1, -0.05) is 6.92 Å². The van der Waals surface area contributed by atoms with E-state index in [1.807, 2.05) is 0 Å². The number of nitrogens with zero attached hydrogens (tertiary/aromatic N) is 5. The molecule has 3 aromatic rings. The van der Waals surface area contributed by atoms with Gasteiger partial charge in [-0.3, -0.25) is 4.79 Å². The van der Waals surface area contributed by atoms with Crippen molar-refractivity contribution in [1.82, 2.24) is 24.5 Å². The Kier molecular flexibility index (Phi) is 6.02. The van der Waals surface area contributed by atoms with Crippen molar-refractivity contribution >= 4 is 21.6 Å². The molecule has 2 heterocycles. The zero-order valence-corrected chi connectivity index (χ0v) is 18.5. The van der Waals surface area contributed by atoms with Crippen LogP contribution < -0.4 is 5.32 Å². The van der Waals surface area contributed by atoms with Crippen molar-refractivity contribution in [1.29, 1.82) is 0 Å². The molecule has 32 heavy (non-hydrogen) atoms. The third-order valence-electron chi connectivity index (χ3n) is 5.55. The third-order valence-corrected chi connectivity index (χ3v) is 7.47. The van der Waals surface area contributed by atoms with Crippen molar-refractivity contribution in [3.8, 4) is 5.69 Å². The zero-order valence-electron chi connectivity index (χ0n) is 17.7. The summed E-state index contributed by atoms with van der Waals surface area (Å²) < 4.78 is 42.6.